The lowest BCUT2D eigenvalue weighted by molar-refractivity contribution is 0.0988. The molecule has 1 aliphatic rings. The number of benzene rings is 1. The molecule has 0 N–H and O–H groups in total. The van der Waals surface area contributed by atoms with Crippen molar-refractivity contribution in [3.63, 3.8) is 0 Å². The van der Waals surface area contributed by atoms with Gasteiger partial charge in [0.05, 0.1) is 5.39 Å². The van der Waals surface area contributed by atoms with Gasteiger partial charge in [0.15, 0.2) is 5.78 Å². The zero-order valence-electron chi connectivity index (χ0n) is 13.8. The summed E-state index contributed by atoms with van der Waals surface area (Å²) in [5, 5.41) is 1.06. The van der Waals surface area contributed by atoms with Crippen molar-refractivity contribution in [2.45, 2.75) is 39.5 Å². The summed E-state index contributed by atoms with van der Waals surface area (Å²) in [6, 6.07) is 7.28. The van der Waals surface area contributed by atoms with Crippen molar-refractivity contribution in [2.24, 2.45) is 0 Å². The summed E-state index contributed by atoms with van der Waals surface area (Å²) in [5.74, 6) is 2.18. The molecule has 3 aromatic rings. The number of hydrogen-bond donors (Lipinski definition) is 0. The fourth-order valence-electron chi connectivity index (χ4n) is 3.16. The second kappa shape index (κ2) is 5.98. The van der Waals surface area contributed by atoms with E-state index in [2.05, 4.69) is 9.97 Å². The first kappa shape index (κ1) is 15.3. The Morgan fingerprint density at radius 1 is 1.21 bits per heavy atom. The Morgan fingerprint density at radius 3 is 2.75 bits per heavy atom. The van der Waals surface area contributed by atoms with Gasteiger partial charge in [-0.3, -0.25) is 4.79 Å². The molecule has 1 aromatic carbocycles. The van der Waals surface area contributed by atoms with Gasteiger partial charge in [-0.2, -0.15) is 4.98 Å². The third kappa shape index (κ3) is 2.59. The van der Waals surface area contributed by atoms with Crippen molar-refractivity contribution in [1.29, 1.82) is 0 Å². The zero-order chi connectivity index (χ0) is 16.7. The van der Waals surface area contributed by atoms with Crippen molar-refractivity contribution in [1.82, 2.24) is 9.97 Å². The predicted octanol–water partition coefficient (Wildman–Crippen LogP) is 4.87. The molecule has 1 aliphatic carbocycles. The molecular formula is C19H18N2O2S. The molecule has 0 saturated heterocycles. The fraction of sp³-hybridized carbons (Fsp3) is 0.316. The molecule has 0 unspecified atom stereocenters. The highest BCUT2D eigenvalue weighted by atomic mass is 32.1. The SMILES string of the molecule is CCC(=O)c1ccc(Oc2nc(C)nc3sc4c(c23)CCC4)cc1. The minimum absolute atomic E-state index is 0.137. The summed E-state index contributed by atoms with van der Waals surface area (Å²) in [6.07, 6.45) is 3.90. The van der Waals surface area contributed by atoms with Crippen molar-refractivity contribution in [3.05, 3.63) is 46.1 Å². The van der Waals surface area contributed by atoms with E-state index in [-0.39, 0.29) is 5.78 Å². The van der Waals surface area contributed by atoms with Crippen molar-refractivity contribution in [2.75, 3.05) is 0 Å². The number of aryl methyl sites for hydroxylation is 3. The number of aromatic nitrogens is 2. The Balaban J connectivity index is 1.73. The topological polar surface area (TPSA) is 52.1 Å². The Bertz CT molecular complexity index is 929. The minimum Gasteiger partial charge on any atom is -0.438 e. The molecule has 2 heterocycles. The van der Waals surface area contributed by atoms with Gasteiger partial charge in [0.25, 0.3) is 0 Å². The lowest BCUT2D eigenvalue weighted by Crippen LogP contribution is -1.97. The molecule has 5 heteroatoms. The van der Waals surface area contributed by atoms with E-state index >= 15 is 0 Å². The third-order valence-corrected chi connectivity index (χ3v) is 5.54. The van der Waals surface area contributed by atoms with Crippen molar-refractivity contribution >= 4 is 27.3 Å². The van der Waals surface area contributed by atoms with Gasteiger partial charge in [-0.1, -0.05) is 6.92 Å². The number of thiophene rings is 1. The molecule has 0 radical (unpaired) electrons. The quantitative estimate of drug-likeness (QED) is 0.637. The van der Waals surface area contributed by atoms with E-state index in [1.165, 1.54) is 16.9 Å². The lowest BCUT2D eigenvalue weighted by Gasteiger charge is -2.08. The summed E-state index contributed by atoms with van der Waals surface area (Å²) in [5.41, 5.74) is 2.06. The summed E-state index contributed by atoms with van der Waals surface area (Å²) in [4.78, 5) is 23.3. The average Bonchev–Trinajstić information content (AvgIpc) is 3.15. The maximum absolute atomic E-state index is 11.7. The van der Waals surface area contributed by atoms with E-state index in [0.29, 0.717) is 23.6 Å². The minimum atomic E-state index is 0.137. The van der Waals surface area contributed by atoms with Crippen LogP contribution in [0.2, 0.25) is 0 Å². The van der Waals surface area contributed by atoms with Crippen molar-refractivity contribution < 1.29 is 9.53 Å². The summed E-state index contributed by atoms with van der Waals surface area (Å²) >= 11 is 1.76. The number of Topliss-reactive ketones (excluding diaryl/α,β-unsaturated/α-hetero) is 1. The van der Waals surface area contributed by atoms with Crippen LogP contribution < -0.4 is 4.74 Å². The van der Waals surface area contributed by atoms with Gasteiger partial charge in [-0.25, -0.2) is 4.98 Å². The monoisotopic (exact) mass is 338 g/mol. The predicted molar refractivity (Wildman–Crippen MR) is 95.3 cm³/mol. The van der Waals surface area contributed by atoms with Crippen LogP contribution in [0.3, 0.4) is 0 Å². The highest BCUT2D eigenvalue weighted by molar-refractivity contribution is 7.19. The molecule has 2 aromatic heterocycles. The molecule has 4 nitrogen and oxygen atoms in total. The van der Waals surface area contributed by atoms with Gasteiger partial charge in [0.2, 0.25) is 5.88 Å². The van der Waals surface area contributed by atoms with E-state index < -0.39 is 0 Å². The number of ether oxygens (including phenoxy) is 1. The molecule has 0 atom stereocenters. The van der Waals surface area contributed by atoms with Crippen LogP contribution in [0.5, 0.6) is 11.6 Å². The van der Waals surface area contributed by atoms with Crippen LogP contribution in [0.4, 0.5) is 0 Å². The van der Waals surface area contributed by atoms with Gasteiger partial charge in [0, 0.05) is 16.9 Å². The van der Waals surface area contributed by atoms with Gasteiger partial charge >= 0.3 is 0 Å². The number of carbonyl (C=O) groups excluding carboxylic acids is 1. The first-order valence-electron chi connectivity index (χ1n) is 8.25. The Hall–Kier alpha value is -2.27. The summed E-state index contributed by atoms with van der Waals surface area (Å²) in [7, 11) is 0. The molecule has 4 rings (SSSR count). The highest BCUT2D eigenvalue weighted by Crippen LogP contribution is 2.41. The smallest absolute Gasteiger partial charge is 0.231 e. The number of nitrogens with zero attached hydrogens (tertiary/aromatic N) is 2. The van der Waals surface area contributed by atoms with E-state index in [1.807, 2.05) is 38.1 Å². The molecule has 0 aliphatic heterocycles. The first-order valence-corrected chi connectivity index (χ1v) is 9.07. The fourth-order valence-corrected chi connectivity index (χ4v) is 4.46. The molecule has 24 heavy (non-hydrogen) atoms. The van der Waals surface area contributed by atoms with Gasteiger partial charge in [0.1, 0.15) is 16.4 Å². The Morgan fingerprint density at radius 2 is 2.00 bits per heavy atom. The maximum Gasteiger partial charge on any atom is 0.231 e. The van der Waals surface area contributed by atoms with E-state index in [4.69, 9.17) is 4.74 Å². The van der Waals surface area contributed by atoms with Crippen LogP contribution in [0.25, 0.3) is 10.2 Å². The molecule has 122 valence electrons. The van der Waals surface area contributed by atoms with Crippen LogP contribution in [-0.2, 0) is 12.8 Å². The number of carbonyl (C=O) groups is 1. The van der Waals surface area contributed by atoms with E-state index in [9.17, 15) is 4.79 Å². The highest BCUT2D eigenvalue weighted by Gasteiger charge is 2.23. The van der Waals surface area contributed by atoms with E-state index in [1.54, 1.807) is 11.3 Å². The number of hydrogen-bond acceptors (Lipinski definition) is 5. The maximum atomic E-state index is 11.7. The number of fused-ring (bicyclic) bond motifs is 3. The van der Waals surface area contributed by atoms with Crippen LogP contribution in [0.15, 0.2) is 24.3 Å². The summed E-state index contributed by atoms with van der Waals surface area (Å²) < 4.78 is 6.07. The largest absolute Gasteiger partial charge is 0.438 e. The van der Waals surface area contributed by atoms with Gasteiger partial charge < -0.3 is 4.74 Å². The average molecular weight is 338 g/mol. The van der Waals surface area contributed by atoms with Crippen LogP contribution in [0, 0.1) is 6.92 Å². The van der Waals surface area contributed by atoms with Crippen LogP contribution >= 0.6 is 11.3 Å². The Kier molecular flexibility index (Phi) is 3.81. The normalized spacial score (nSPS) is 13.2. The molecular weight excluding hydrogens is 320 g/mol. The standard InChI is InChI=1S/C19H18N2O2S/c1-3-15(22)12-7-9-13(10-8-12)23-18-17-14-5-4-6-16(14)24-19(17)21-11(2)20-18/h7-10H,3-6H2,1-2H3. The van der Waals surface area contributed by atoms with Crippen LogP contribution in [-0.4, -0.2) is 15.8 Å². The van der Waals surface area contributed by atoms with Gasteiger partial charge in [-0.05, 0) is 56.0 Å². The molecule has 0 saturated carbocycles. The molecule has 0 spiro atoms. The zero-order valence-corrected chi connectivity index (χ0v) is 14.6. The number of ketones is 1. The van der Waals surface area contributed by atoms with E-state index in [0.717, 1.165) is 28.9 Å². The number of rotatable bonds is 4. The Labute approximate surface area is 144 Å². The molecule has 0 bridgehead atoms. The first-order chi connectivity index (χ1) is 11.7. The third-order valence-electron chi connectivity index (χ3n) is 4.36. The second-order valence-corrected chi connectivity index (χ2v) is 7.10. The lowest BCUT2D eigenvalue weighted by atomic mass is 10.1. The van der Waals surface area contributed by atoms with Gasteiger partial charge in [-0.15, -0.1) is 11.3 Å². The molecule has 0 amide bonds. The van der Waals surface area contributed by atoms with Crippen LogP contribution in [0.1, 0.15) is 46.4 Å². The molecule has 0 fully saturated rings. The summed E-state index contributed by atoms with van der Waals surface area (Å²) in [6.45, 7) is 3.75. The van der Waals surface area contributed by atoms with Crippen molar-refractivity contribution in [3.8, 4) is 11.6 Å². The second-order valence-electron chi connectivity index (χ2n) is 6.02.